The molecule has 0 radical (unpaired) electrons. The summed E-state index contributed by atoms with van der Waals surface area (Å²) in [5.74, 6) is 0.0310. The molecule has 1 aliphatic rings. The maximum Gasteiger partial charge on any atom is 0.469 e. The zero-order valence-electron chi connectivity index (χ0n) is 26.9. The van der Waals surface area contributed by atoms with E-state index in [1.165, 1.54) is 28.5 Å². The number of carbonyl (C=O) groups is 2. The molecule has 15 heteroatoms. The average molecular weight is 657 g/mol. The second-order valence-corrected chi connectivity index (χ2v) is 13.9. The van der Waals surface area contributed by atoms with Gasteiger partial charge in [0, 0.05) is 49.1 Å². The van der Waals surface area contributed by atoms with Crippen LogP contribution in [0.5, 0.6) is 0 Å². The first-order valence-corrected chi connectivity index (χ1v) is 16.9. The van der Waals surface area contributed by atoms with Gasteiger partial charge in [0.05, 0.1) is 25.4 Å². The highest BCUT2D eigenvalue weighted by atomic mass is 31.2. The van der Waals surface area contributed by atoms with E-state index >= 15 is 0 Å². The molecule has 248 valence electrons. The molecule has 2 amide bonds. The van der Waals surface area contributed by atoms with E-state index in [2.05, 4.69) is 65.5 Å². The van der Waals surface area contributed by atoms with Gasteiger partial charge in [0.15, 0.2) is 12.2 Å². The summed E-state index contributed by atoms with van der Waals surface area (Å²) in [6, 6.07) is 6.59. The quantitative estimate of drug-likeness (QED) is 0.137. The van der Waals surface area contributed by atoms with Crippen molar-refractivity contribution in [1.29, 1.82) is 0 Å². The van der Waals surface area contributed by atoms with Gasteiger partial charge < -0.3 is 30.1 Å². The Bertz CT molecular complexity index is 1800. The van der Waals surface area contributed by atoms with Crippen LogP contribution in [0.2, 0.25) is 0 Å². The number of primary amides is 1. The highest BCUT2D eigenvalue weighted by molar-refractivity contribution is 7.46. The molecule has 46 heavy (non-hydrogen) atoms. The number of aryl methyl sites for hydroxylation is 1. The fourth-order valence-corrected chi connectivity index (χ4v) is 6.87. The van der Waals surface area contributed by atoms with Gasteiger partial charge in [0.2, 0.25) is 6.73 Å². The number of carbonyl (C=O) groups excluding carboxylic acids is 2. The number of benzene rings is 1. The molecule has 0 atom stereocenters. The first kappa shape index (κ1) is 33.6. The topological polar surface area (TPSA) is 185 Å². The lowest BCUT2D eigenvalue weighted by atomic mass is 9.86. The minimum atomic E-state index is -4.63. The first-order valence-electron chi connectivity index (χ1n) is 15.3. The lowest BCUT2D eigenvalue weighted by Gasteiger charge is -2.42. The molecule has 1 fully saturated rings. The highest BCUT2D eigenvalue weighted by Gasteiger charge is 2.37. The Morgan fingerprint density at radius 1 is 1.22 bits per heavy atom. The van der Waals surface area contributed by atoms with Crippen molar-refractivity contribution < 1.29 is 37.7 Å². The van der Waals surface area contributed by atoms with E-state index in [0.29, 0.717) is 13.1 Å². The molecular formula is C31H43N7O7P+. The van der Waals surface area contributed by atoms with Crippen LogP contribution in [0, 0.1) is 13.8 Å². The van der Waals surface area contributed by atoms with Crippen molar-refractivity contribution in [3.63, 3.8) is 0 Å². The van der Waals surface area contributed by atoms with Crippen molar-refractivity contribution >= 4 is 36.4 Å². The van der Waals surface area contributed by atoms with E-state index in [0.717, 1.165) is 46.4 Å². The summed E-state index contributed by atoms with van der Waals surface area (Å²) in [6.07, 6.45) is 4.49. The number of phosphoric acid groups is 1. The normalized spacial score (nSPS) is 18.8. The number of phosphoric ester groups is 1. The molecule has 5 N–H and O–H groups in total. The van der Waals surface area contributed by atoms with Crippen LogP contribution in [-0.4, -0.2) is 97.3 Å². The number of likely N-dealkylation sites (N-methyl/N-ethyl adjacent to an activating group) is 1. The van der Waals surface area contributed by atoms with Gasteiger partial charge in [-0.2, -0.15) is 5.10 Å². The van der Waals surface area contributed by atoms with Crippen molar-refractivity contribution in [2.75, 3.05) is 46.6 Å². The number of likely N-dealkylation sites (tertiary alicyclic amines) is 1. The summed E-state index contributed by atoms with van der Waals surface area (Å²) in [7, 11) is -3.19. The minimum Gasteiger partial charge on any atom is -0.399 e. The molecule has 14 nitrogen and oxygen atoms in total. The maximum atomic E-state index is 12.6. The van der Waals surface area contributed by atoms with Crippen molar-refractivity contribution in [2.24, 2.45) is 5.73 Å². The molecule has 4 heterocycles. The van der Waals surface area contributed by atoms with Crippen LogP contribution in [0.15, 0.2) is 30.7 Å². The van der Waals surface area contributed by atoms with E-state index in [-0.39, 0.29) is 42.7 Å². The Hall–Kier alpha value is -3.81. The lowest BCUT2D eigenvalue weighted by Crippen LogP contribution is -2.58. The van der Waals surface area contributed by atoms with E-state index in [1.54, 1.807) is 6.33 Å². The van der Waals surface area contributed by atoms with Gasteiger partial charge in [-0.25, -0.2) is 18.9 Å². The van der Waals surface area contributed by atoms with E-state index in [4.69, 9.17) is 20.3 Å². The fraction of sp³-hybridized carbons (Fsp3) is 0.484. The van der Waals surface area contributed by atoms with Crippen molar-refractivity contribution in [2.45, 2.75) is 52.4 Å². The lowest BCUT2D eigenvalue weighted by molar-refractivity contribution is -0.941. The summed E-state index contributed by atoms with van der Waals surface area (Å²) in [6.45, 7) is 9.37. The molecular weight excluding hydrogens is 613 g/mol. The number of hydrogen-bond donors (Lipinski definition) is 4. The Morgan fingerprint density at radius 3 is 2.59 bits per heavy atom. The summed E-state index contributed by atoms with van der Waals surface area (Å²) < 4.78 is 22.9. The van der Waals surface area contributed by atoms with Crippen LogP contribution in [0.25, 0.3) is 27.8 Å². The summed E-state index contributed by atoms with van der Waals surface area (Å²) in [4.78, 5) is 51.6. The number of nitrogens with zero attached hydrogens (tertiary/aromatic N) is 5. The smallest absolute Gasteiger partial charge is 0.399 e. The Morgan fingerprint density at radius 2 is 1.93 bits per heavy atom. The summed E-state index contributed by atoms with van der Waals surface area (Å²) in [5.41, 5.74) is 14.4. The van der Waals surface area contributed by atoms with Crippen LogP contribution in [0.3, 0.4) is 0 Å². The third kappa shape index (κ3) is 7.11. The molecule has 0 unspecified atom stereocenters. The van der Waals surface area contributed by atoms with Gasteiger partial charge in [0.25, 0.3) is 5.91 Å². The predicted octanol–water partition coefficient (Wildman–Crippen LogP) is 3.93. The van der Waals surface area contributed by atoms with Crippen LogP contribution >= 0.6 is 7.82 Å². The molecule has 0 saturated carbocycles. The fourth-order valence-electron chi connectivity index (χ4n) is 6.55. The van der Waals surface area contributed by atoms with Crippen LogP contribution < -0.4 is 5.73 Å². The number of hydrogen-bond acceptors (Lipinski definition) is 7. The number of piperidine rings is 1. The molecule has 1 aliphatic heterocycles. The molecule has 3 aromatic heterocycles. The minimum absolute atomic E-state index is 0.0369. The zero-order valence-corrected chi connectivity index (χ0v) is 27.8. The third-order valence-electron chi connectivity index (χ3n) is 9.16. The van der Waals surface area contributed by atoms with Crippen LogP contribution in [-0.2, 0) is 18.6 Å². The number of H-pyrrole nitrogens is 1. The van der Waals surface area contributed by atoms with Crippen molar-refractivity contribution in [3.05, 3.63) is 53.0 Å². The maximum absolute atomic E-state index is 12.6. The number of nitrogens with two attached hydrogens (primary N) is 1. The second kappa shape index (κ2) is 13.1. The third-order valence-corrected chi connectivity index (χ3v) is 9.68. The number of aromatic amines is 1. The molecule has 4 aromatic rings. The standard InChI is InChI=1S/C31H42N7O7P/c1-19(2)28-24-14-23(6-7-26(24)35-29(28)25-15-37-30(33-17-34-37)21(4)20(25)3)22-8-11-38(12-9-22,16-27(32)39)18-44-31(40)36(5)10-13-45-46(41,42)43/h6-7,14-15,17,19,22,35H,8-13,16,18H2,1-5H3,(H3-,32,39,41,42,43)/p+1. The SMILES string of the molecule is Cc1c(-c2[nH]c3ccc(C4CC[N+](COC(=O)N(C)CCOP(=O)(O)O)(CC(N)=O)CC4)cc3c2C(C)C)cn2ncnc2c1C. The van der Waals surface area contributed by atoms with Crippen molar-refractivity contribution in [3.8, 4) is 11.3 Å². The number of ether oxygens (including phenoxy) is 1. The summed E-state index contributed by atoms with van der Waals surface area (Å²) in [5, 5.41) is 5.57. The summed E-state index contributed by atoms with van der Waals surface area (Å²) >= 11 is 0. The highest BCUT2D eigenvalue weighted by Crippen LogP contribution is 2.40. The number of aromatic nitrogens is 4. The number of fused-ring (bicyclic) bond motifs is 2. The van der Waals surface area contributed by atoms with Gasteiger partial charge in [-0.3, -0.25) is 13.8 Å². The molecule has 1 saturated heterocycles. The molecule has 5 rings (SSSR count). The number of amides is 2. The molecule has 0 aliphatic carbocycles. The number of quaternary nitrogens is 1. The molecule has 0 bridgehead atoms. The van der Waals surface area contributed by atoms with Crippen LogP contribution in [0.4, 0.5) is 4.79 Å². The van der Waals surface area contributed by atoms with Gasteiger partial charge in [-0.1, -0.05) is 19.9 Å². The number of rotatable bonds is 11. The zero-order chi connectivity index (χ0) is 33.4. The average Bonchev–Trinajstić information content (AvgIpc) is 3.61. The number of nitrogens with one attached hydrogen (secondary N) is 1. The van der Waals surface area contributed by atoms with Crippen molar-refractivity contribution in [1.82, 2.24) is 24.5 Å². The van der Waals surface area contributed by atoms with E-state index in [9.17, 15) is 14.2 Å². The predicted molar refractivity (Wildman–Crippen MR) is 172 cm³/mol. The molecule has 0 spiro atoms. The van der Waals surface area contributed by atoms with Gasteiger partial charge in [0.1, 0.15) is 6.33 Å². The Labute approximate surface area is 267 Å². The van der Waals surface area contributed by atoms with Gasteiger partial charge in [-0.15, -0.1) is 0 Å². The first-order chi connectivity index (χ1) is 21.7. The van der Waals surface area contributed by atoms with Crippen LogP contribution in [0.1, 0.15) is 60.8 Å². The molecule has 1 aromatic carbocycles. The monoisotopic (exact) mass is 656 g/mol. The van der Waals surface area contributed by atoms with Gasteiger partial charge in [-0.05, 0) is 60.1 Å². The number of pyridine rings is 1. The van der Waals surface area contributed by atoms with E-state index in [1.807, 2.05) is 10.7 Å². The Kier molecular flexibility index (Phi) is 9.57. The Balaban J connectivity index is 1.34. The van der Waals surface area contributed by atoms with Gasteiger partial charge >= 0.3 is 13.9 Å². The second-order valence-electron chi connectivity index (χ2n) is 12.7. The van der Waals surface area contributed by atoms with E-state index < -0.39 is 19.8 Å². The largest absolute Gasteiger partial charge is 0.469 e.